The average Bonchev–Trinajstić information content (AvgIpc) is 2.96. The Labute approximate surface area is 83.5 Å². The summed E-state index contributed by atoms with van der Waals surface area (Å²) >= 11 is 0. The van der Waals surface area contributed by atoms with Crippen LogP contribution in [0, 0.1) is 5.92 Å². The van der Waals surface area contributed by atoms with Gasteiger partial charge in [-0.05, 0) is 43.0 Å². The first-order valence-corrected chi connectivity index (χ1v) is 4.83. The van der Waals surface area contributed by atoms with Crippen LogP contribution in [0.2, 0.25) is 0 Å². The van der Waals surface area contributed by atoms with Crippen molar-refractivity contribution in [2.24, 2.45) is 11.7 Å². The summed E-state index contributed by atoms with van der Waals surface area (Å²) in [6.45, 7) is 0.712. The lowest BCUT2D eigenvalue weighted by Crippen LogP contribution is -2.02. The second-order valence-electron chi connectivity index (χ2n) is 3.76. The van der Waals surface area contributed by atoms with E-state index >= 15 is 0 Å². The van der Waals surface area contributed by atoms with Crippen molar-refractivity contribution in [1.82, 2.24) is 0 Å². The Balaban J connectivity index is 2.27. The largest absolute Gasteiger partial charge is 0.508 e. The molecule has 0 saturated heterocycles. The van der Waals surface area contributed by atoms with Crippen LogP contribution in [-0.4, -0.2) is 18.8 Å². The van der Waals surface area contributed by atoms with Gasteiger partial charge in [0.05, 0.1) is 7.11 Å². The third-order valence-corrected chi connectivity index (χ3v) is 2.84. The lowest BCUT2D eigenvalue weighted by atomic mass is 10.1. The molecule has 0 aliphatic heterocycles. The van der Waals surface area contributed by atoms with Crippen molar-refractivity contribution < 1.29 is 9.84 Å². The first-order chi connectivity index (χ1) is 6.76. The summed E-state index contributed by atoms with van der Waals surface area (Å²) in [4.78, 5) is 0. The van der Waals surface area contributed by atoms with E-state index in [2.05, 4.69) is 0 Å². The Morgan fingerprint density at radius 3 is 2.93 bits per heavy atom. The molecule has 1 aromatic carbocycles. The second kappa shape index (κ2) is 3.50. The molecule has 0 spiro atoms. The van der Waals surface area contributed by atoms with E-state index in [0.29, 0.717) is 24.1 Å². The summed E-state index contributed by atoms with van der Waals surface area (Å²) in [5.74, 6) is 2.18. The molecule has 76 valence electrons. The minimum atomic E-state index is 0.295. The highest BCUT2D eigenvalue weighted by Crippen LogP contribution is 2.50. The van der Waals surface area contributed by atoms with E-state index in [4.69, 9.17) is 10.5 Å². The standard InChI is InChI=1S/C11H15NO2/c1-14-11-3-2-8(13)5-10(11)9-4-7(9)6-12/h2-3,5,7,9,13H,4,6,12H2,1H3. The molecule has 0 amide bonds. The number of benzene rings is 1. The van der Waals surface area contributed by atoms with Crippen LogP contribution in [-0.2, 0) is 0 Å². The first-order valence-electron chi connectivity index (χ1n) is 4.83. The van der Waals surface area contributed by atoms with Gasteiger partial charge in [0.1, 0.15) is 11.5 Å². The van der Waals surface area contributed by atoms with Gasteiger partial charge in [0.15, 0.2) is 0 Å². The molecule has 2 unspecified atom stereocenters. The molecular weight excluding hydrogens is 178 g/mol. The summed E-state index contributed by atoms with van der Waals surface area (Å²) in [5, 5.41) is 9.38. The van der Waals surface area contributed by atoms with Gasteiger partial charge in [-0.25, -0.2) is 0 Å². The van der Waals surface area contributed by atoms with E-state index < -0.39 is 0 Å². The van der Waals surface area contributed by atoms with Crippen molar-refractivity contribution >= 4 is 0 Å². The zero-order valence-electron chi connectivity index (χ0n) is 8.23. The topological polar surface area (TPSA) is 55.5 Å². The fourth-order valence-corrected chi connectivity index (χ4v) is 1.90. The predicted octanol–water partition coefficient (Wildman–Crippen LogP) is 1.46. The molecule has 14 heavy (non-hydrogen) atoms. The van der Waals surface area contributed by atoms with Gasteiger partial charge in [0.25, 0.3) is 0 Å². The fraction of sp³-hybridized carbons (Fsp3) is 0.455. The molecule has 3 heteroatoms. The molecule has 3 nitrogen and oxygen atoms in total. The first kappa shape index (κ1) is 9.34. The summed E-state index contributed by atoms with van der Waals surface area (Å²) in [7, 11) is 1.65. The zero-order chi connectivity index (χ0) is 10.1. The number of ether oxygens (including phenoxy) is 1. The van der Waals surface area contributed by atoms with Crippen molar-refractivity contribution in [3.63, 3.8) is 0 Å². The smallest absolute Gasteiger partial charge is 0.122 e. The molecule has 1 aliphatic carbocycles. The number of hydrogen-bond donors (Lipinski definition) is 2. The maximum atomic E-state index is 9.38. The monoisotopic (exact) mass is 193 g/mol. The fourth-order valence-electron chi connectivity index (χ4n) is 1.90. The van der Waals surface area contributed by atoms with Crippen LogP contribution < -0.4 is 10.5 Å². The van der Waals surface area contributed by atoms with Crippen LogP contribution in [0.4, 0.5) is 0 Å². The van der Waals surface area contributed by atoms with Crippen molar-refractivity contribution in [3.05, 3.63) is 23.8 Å². The number of hydrogen-bond acceptors (Lipinski definition) is 3. The molecule has 1 saturated carbocycles. The third kappa shape index (κ3) is 1.55. The molecule has 0 heterocycles. The number of phenolic OH excluding ortho intramolecular Hbond substituents is 1. The molecule has 2 rings (SSSR count). The van der Waals surface area contributed by atoms with E-state index in [9.17, 15) is 5.11 Å². The summed E-state index contributed by atoms with van der Waals surface area (Å²) < 4.78 is 5.24. The number of methoxy groups -OCH3 is 1. The highest BCUT2D eigenvalue weighted by molar-refractivity contribution is 5.44. The summed E-state index contributed by atoms with van der Waals surface area (Å²) in [6.07, 6.45) is 1.11. The van der Waals surface area contributed by atoms with Gasteiger partial charge in [-0.2, -0.15) is 0 Å². The van der Waals surface area contributed by atoms with E-state index in [1.807, 2.05) is 0 Å². The van der Waals surface area contributed by atoms with Crippen LogP contribution in [0.1, 0.15) is 17.9 Å². The molecule has 1 aliphatic rings. The lowest BCUT2D eigenvalue weighted by Gasteiger charge is -2.08. The highest BCUT2D eigenvalue weighted by Gasteiger charge is 2.38. The second-order valence-corrected chi connectivity index (χ2v) is 3.76. The van der Waals surface area contributed by atoms with E-state index in [-0.39, 0.29) is 0 Å². The lowest BCUT2D eigenvalue weighted by molar-refractivity contribution is 0.406. The molecule has 0 aromatic heterocycles. The Morgan fingerprint density at radius 1 is 1.57 bits per heavy atom. The SMILES string of the molecule is COc1ccc(O)cc1C1CC1CN. The minimum Gasteiger partial charge on any atom is -0.508 e. The van der Waals surface area contributed by atoms with Crippen molar-refractivity contribution in [2.45, 2.75) is 12.3 Å². The Hall–Kier alpha value is -1.22. The van der Waals surface area contributed by atoms with Crippen LogP contribution in [0.25, 0.3) is 0 Å². The quantitative estimate of drug-likeness (QED) is 0.764. The molecule has 3 N–H and O–H groups in total. The Bertz CT molecular complexity index is 338. The highest BCUT2D eigenvalue weighted by atomic mass is 16.5. The van der Waals surface area contributed by atoms with Crippen molar-refractivity contribution in [3.8, 4) is 11.5 Å². The molecule has 0 bridgehead atoms. The molecule has 0 radical (unpaired) electrons. The van der Waals surface area contributed by atoms with Crippen molar-refractivity contribution in [1.29, 1.82) is 0 Å². The van der Waals surface area contributed by atoms with Gasteiger partial charge in [-0.15, -0.1) is 0 Å². The van der Waals surface area contributed by atoms with Gasteiger partial charge >= 0.3 is 0 Å². The normalized spacial score (nSPS) is 24.7. The van der Waals surface area contributed by atoms with Gasteiger partial charge in [0.2, 0.25) is 0 Å². The van der Waals surface area contributed by atoms with Crippen molar-refractivity contribution in [2.75, 3.05) is 13.7 Å². The number of phenols is 1. The third-order valence-electron chi connectivity index (χ3n) is 2.84. The van der Waals surface area contributed by atoms with E-state index in [1.54, 1.807) is 25.3 Å². The van der Waals surface area contributed by atoms with Gasteiger partial charge in [0, 0.05) is 5.56 Å². The summed E-state index contributed by atoms with van der Waals surface area (Å²) in [5.41, 5.74) is 6.67. The predicted molar refractivity (Wildman–Crippen MR) is 54.6 cm³/mol. The average molecular weight is 193 g/mol. The molecular formula is C11H15NO2. The maximum absolute atomic E-state index is 9.38. The van der Waals surface area contributed by atoms with Crippen LogP contribution in [0.5, 0.6) is 11.5 Å². The van der Waals surface area contributed by atoms with Crippen LogP contribution in [0.3, 0.4) is 0 Å². The molecule has 2 atom stereocenters. The van der Waals surface area contributed by atoms with Gasteiger partial charge < -0.3 is 15.6 Å². The number of nitrogens with two attached hydrogens (primary N) is 1. The minimum absolute atomic E-state index is 0.295. The Morgan fingerprint density at radius 2 is 2.36 bits per heavy atom. The van der Waals surface area contributed by atoms with E-state index in [0.717, 1.165) is 17.7 Å². The van der Waals surface area contributed by atoms with E-state index in [1.165, 1.54) is 0 Å². The molecule has 1 aromatic rings. The number of rotatable bonds is 3. The van der Waals surface area contributed by atoms with Crippen LogP contribution in [0.15, 0.2) is 18.2 Å². The Kier molecular flexibility index (Phi) is 2.33. The zero-order valence-corrected chi connectivity index (χ0v) is 8.23. The van der Waals surface area contributed by atoms with Gasteiger partial charge in [-0.1, -0.05) is 0 Å². The maximum Gasteiger partial charge on any atom is 0.122 e. The van der Waals surface area contributed by atoms with Crippen LogP contribution >= 0.6 is 0 Å². The molecule has 1 fully saturated rings. The summed E-state index contributed by atoms with van der Waals surface area (Å²) in [6, 6.07) is 5.22. The number of aromatic hydroxyl groups is 1. The van der Waals surface area contributed by atoms with Gasteiger partial charge in [-0.3, -0.25) is 0 Å².